The Labute approximate surface area is 201 Å². The van der Waals surface area contributed by atoms with E-state index in [1.807, 2.05) is 29.1 Å². The third-order valence-electron chi connectivity index (χ3n) is 7.02. The maximum atomic E-state index is 5.69. The molecule has 2 heterocycles. The summed E-state index contributed by atoms with van der Waals surface area (Å²) >= 11 is 1.68. The predicted molar refractivity (Wildman–Crippen MR) is 136 cm³/mol. The van der Waals surface area contributed by atoms with Crippen LogP contribution in [-0.4, -0.2) is 27.1 Å². The van der Waals surface area contributed by atoms with Gasteiger partial charge in [-0.15, -0.1) is 10.2 Å². The van der Waals surface area contributed by atoms with Crippen LogP contribution in [0, 0.1) is 16.7 Å². The van der Waals surface area contributed by atoms with Crippen molar-refractivity contribution in [3.05, 3.63) is 53.3 Å². The van der Waals surface area contributed by atoms with Crippen molar-refractivity contribution < 1.29 is 4.74 Å². The van der Waals surface area contributed by atoms with Crippen molar-refractivity contribution in [3.8, 4) is 22.0 Å². The van der Waals surface area contributed by atoms with Gasteiger partial charge in [-0.1, -0.05) is 57.6 Å². The maximum absolute atomic E-state index is 5.69. The molecule has 0 saturated heterocycles. The number of nitrogens with zero attached hydrogens (tertiary/aromatic N) is 4. The number of benzene rings is 1. The largest absolute Gasteiger partial charge is 0.496 e. The van der Waals surface area contributed by atoms with Gasteiger partial charge >= 0.3 is 0 Å². The zero-order valence-electron chi connectivity index (χ0n) is 20.9. The second-order valence-corrected chi connectivity index (χ2v) is 11.9. The van der Waals surface area contributed by atoms with E-state index in [0.29, 0.717) is 11.8 Å². The van der Waals surface area contributed by atoms with Crippen LogP contribution in [-0.2, 0) is 0 Å². The molecule has 1 aliphatic rings. The summed E-state index contributed by atoms with van der Waals surface area (Å²) in [7, 11) is 1.70. The highest BCUT2D eigenvalue weighted by atomic mass is 32.1. The second kappa shape index (κ2) is 9.05. The number of methoxy groups -OCH3 is 1. The van der Waals surface area contributed by atoms with Gasteiger partial charge in [0.1, 0.15) is 10.8 Å². The molecule has 0 aliphatic heterocycles. The Bertz CT molecular complexity index is 1130. The van der Waals surface area contributed by atoms with E-state index in [4.69, 9.17) is 4.74 Å². The molecule has 4 rings (SSSR count). The smallest absolute Gasteiger partial charge is 0.151 e. The summed E-state index contributed by atoms with van der Waals surface area (Å²) in [6, 6.07) is 8.00. The molecule has 2 unspecified atom stereocenters. The summed E-state index contributed by atoms with van der Waals surface area (Å²) in [6.07, 6.45) is 9.76. The molecule has 0 N–H and O–H groups in total. The molecule has 3 aromatic rings. The van der Waals surface area contributed by atoms with Gasteiger partial charge in [0.15, 0.2) is 5.01 Å². The molecule has 1 aliphatic carbocycles. The summed E-state index contributed by atoms with van der Waals surface area (Å²) in [6.45, 7) is 14.1. The average Bonchev–Trinajstić information content (AvgIpc) is 3.43. The quantitative estimate of drug-likeness (QED) is 0.359. The van der Waals surface area contributed by atoms with E-state index < -0.39 is 0 Å². The van der Waals surface area contributed by atoms with Gasteiger partial charge in [-0.3, -0.25) is 0 Å². The normalized spacial score (nSPS) is 20.7. The molecule has 176 valence electrons. The minimum Gasteiger partial charge on any atom is -0.496 e. The molecule has 0 fully saturated rings. The monoisotopic (exact) mass is 464 g/mol. The molecule has 6 heteroatoms. The molecule has 2 atom stereocenters. The van der Waals surface area contributed by atoms with E-state index in [1.54, 1.807) is 24.6 Å². The molecule has 0 radical (unpaired) electrons. The van der Waals surface area contributed by atoms with Crippen LogP contribution in [0.25, 0.3) is 16.3 Å². The Morgan fingerprint density at radius 2 is 1.97 bits per heavy atom. The fraction of sp³-hybridized carbons (Fsp3) is 0.519. The van der Waals surface area contributed by atoms with Crippen LogP contribution in [0.15, 0.2) is 48.3 Å². The fourth-order valence-corrected chi connectivity index (χ4v) is 6.21. The van der Waals surface area contributed by atoms with E-state index >= 15 is 0 Å². The van der Waals surface area contributed by atoms with Gasteiger partial charge in [0.05, 0.1) is 18.4 Å². The standard InChI is InChI=1S/C27H36N4OS/c1-18(13-20-16-26(3,4)15-19(2)27(5,6)17-20)24-29-30-25(33-24)22-10-9-21(14-23(22)32-7)31-12-8-11-28-31/h8-12,14-15,18,20H,13,16-17H2,1-7H3. The first-order valence-electron chi connectivity index (χ1n) is 11.8. The molecule has 1 aromatic carbocycles. The summed E-state index contributed by atoms with van der Waals surface area (Å²) in [5, 5.41) is 15.5. The Hall–Kier alpha value is -2.47. The summed E-state index contributed by atoms with van der Waals surface area (Å²) < 4.78 is 7.52. The van der Waals surface area contributed by atoms with Gasteiger partial charge in [-0.25, -0.2) is 4.68 Å². The minimum absolute atomic E-state index is 0.234. The van der Waals surface area contributed by atoms with Crippen molar-refractivity contribution >= 4 is 11.3 Å². The van der Waals surface area contributed by atoms with Crippen molar-refractivity contribution in [2.45, 2.75) is 66.7 Å². The lowest BCUT2D eigenvalue weighted by molar-refractivity contribution is 0.250. The zero-order chi connectivity index (χ0) is 23.8. The van der Waals surface area contributed by atoms with E-state index in [9.17, 15) is 0 Å². The maximum Gasteiger partial charge on any atom is 0.151 e. The van der Waals surface area contributed by atoms with Crippen LogP contribution in [0.2, 0.25) is 0 Å². The third kappa shape index (κ3) is 5.21. The third-order valence-corrected chi connectivity index (χ3v) is 8.21. The first kappa shape index (κ1) is 23.7. The van der Waals surface area contributed by atoms with Crippen LogP contribution in [0.4, 0.5) is 0 Å². The molecule has 0 spiro atoms. The first-order chi connectivity index (χ1) is 15.6. The van der Waals surface area contributed by atoms with Gasteiger partial charge in [0.2, 0.25) is 0 Å². The van der Waals surface area contributed by atoms with E-state index in [-0.39, 0.29) is 10.8 Å². The first-order valence-corrected chi connectivity index (χ1v) is 12.6. The van der Waals surface area contributed by atoms with Gasteiger partial charge in [0.25, 0.3) is 0 Å². The molecule has 0 saturated carbocycles. The number of hydrogen-bond donors (Lipinski definition) is 0. The molecular formula is C27H36N4OS. The molecule has 5 nitrogen and oxygen atoms in total. The topological polar surface area (TPSA) is 52.8 Å². The lowest BCUT2D eigenvalue weighted by Gasteiger charge is -2.30. The Morgan fingerprint density at radius 3 is 2.67 bits per heavy atom. The number of rotatable bonds is 6. The summed E-state index contributed by atoms with van der Waals surface area (Å²) in [5.41, 5.74) is 3.93. The van der Waals surface area contributed by atoms with Crippen molar-refractivity contribution in [3.63, 3.8) is 0 Å². The highest BCUT2D eigenvalue weighted by molar-refractivity contribution is 7.14. The van der Waals surface area contributed by atoms with Gasteiger partial charge in [-0.2, -0.15) is 5.10 Å². The highest BCUT2D eigenvalue weighted by Gasteiger charge is 2.34. The van der Waals surface area contributed by atoms with Gasteiger partial charge < -0.3 is 4.74 Å². The average molecular weight is 465 g/mol. The lowest BCUT2D eigenvalue weighted by Crippen LogP contribution is -2.19. The number of aromatic nitrogens is 4. The van der Waals surface area contributed by atoms with Crippen LogP contribution in [0.3, 0.4) is 0 Å². The summed E-state index contributed by atoms with van der Waals surface area (Å²) in [4.78, 5) is 0. The molecule has 0 amide bonds. The van der Waals surface area contributed by atoms with Crippen LogP contribution >= 0.6 is 11.3 Å². The Morgan fingerprint density at radius 1 is 1.18 bits per heavy atom. The van der Waals surface area contributed by atoms with Crippen LogP contribution in [0.1, 0.15) is 71.7 Å². The van der Waals surface area contributed by atoms with E-state index in [2.05, 4.69) is 69.0 Å². The minimum atomic E-state index is 0.234. The van der Waals surface area contributed by atoms with Crippen molar-refractivity contribution in [1.29, 1.82) is 0 Å². The SMILES string of the molecule is COc1cc(-n2cccn2)ccc1-c1nnc(C(C)CC2CC(C)(C)C=C(C)C(C)(C)C2)s1. The molecule has 0 bridgehead atoms. The second-order valence-electron chi connectivity index (χ2n) is 10.9. The van der Waals surface area contributed by atoms with Crippen LogP contribution in [0.5, 0.6) is 5.75 Å². The number of allylic oxidation sites excluding steroid dienone is 2. The van der Waals surface area contributed by atoms with E-state index in [1.165, 1.54) is 18.4 Å². The molecular weight excluding hydrogens is 428 g/mol. The molecule has 2 aromatic heterocycles. The fourth-order valence-electron chi connectivity index (χ4n) is 5.27. The van der Waals surface area contributed by atoms with Gasteiger partial charge in [-0.05, 0) is 61.1 Å². The summed E-state index contributed by atoms with van der Waals surface area (Å²) in [5.74, 6) is 1.82. The Kier molecular flexibility index (Phi) is 6.50. The van der Waals surface area contributed by atoms with Crippen molar-refractivity contribution in [1.82, 2.24) is 20.0 Å². The number of hydrogen-bond acceptors (Lipinski definition) is 5. The van der Waals surface area contributed by atoms with Crippen molar-refractivity contribution in [2.75, 3.05) is 7.11 Å². The number of ether oxygens (including phenoxy) is 1. The van der Waals surface area contributed by atoms with Gasteiger partial charge in [0, 0.05) is 24.4 Å². The molecule has 33 heavy (non-hydrogen) atoms. The predicted octanol–water partition coefficient (Wildman–Crippen LogP) is 7.30. The Balaban J connectivity index is 1.53. The lowest BCUT2D eigenvalue weighted by atomic mass is 9.75. The van der Waals surface area contributed by atoms with E-state index in [0.717, 1.165) is 33.4 Å². The zero-order valence-corrected chi connectivity index (χ0v) is 21.7. The van der Waals surface area contributed by atoms with Crippen LogP contribution < -0.4 is 4.74 Å². The van der Waals surface area contributed by atoms with Crippen molar-refractivity contribution in [2.24, 2.45) is 16.7 Å². The highest BCUT2D eigenvalue weighted by Crippen LogP contribution is 2.47.